The molecule has 1 N–H and O–H groups in total. The predicted octanol–water partition coefficient (Wildman–Crippen LogP) is 6.24. The summed E-state index contributed by atoms with van der Waals surface area (Å²) < 4.78 is 29.6. The Balaban J connectivity index is 1.82. The topological polar surface area (TPSA) is 86.8 Å². The highest BCUT2D eigenvalue weighted by Crippen LogP contribution is 2.29. The van der Waals surface area contributed by atoms with Crippen molar-refractivity contribution in [2.24, 2.45) is 0 Å². The first-order valence-corrected chi connectivity index (χ1v) is 16.3. The largest absolute Gasteiger partial charge is 0.355 e. The number of likely N-dealkylation sites (N-methyl/N-ethyl adjacent to an activating group) is 1. The molecule has 4 aromatic rings. The van der Waals surface area contributed by atoms with Gasteiger partial charge in [-0.25, -0.2) is 8.42 Å². The molecular weight excluding hydrogens is 594 g/mol. The molecule has 0 aliphatic heterocycles. The molecule has 0 aliphatic carbocycles. The van der Waals surface area contributed by atoms with Crippen molar-refractivity contribution in [2.45, 2.75) is 51.6 Å². The van der Waals surface area contributed by atoms with Crippen LogP contribution in [0.15, 0.2) is 102 Å². The highest BCUT2D eigenvalue weighted by molar-refractivity contribution is 7.92. The molecule has 9 heteroatoms. The van der Waals surface area contributed by atoms with E-state index < -0.39 is 28.5 Å². The molecule has 1 unspecified atom stereocenters. The number of nitrogens with zero attached hydrogens (tertiary/aromatic N) is 2. The van der Waals surface area contributed by atoms with Gasteiger partial charge in [-0.15, -0.1) is 0 Å². The molecule has 0 bridgehead atoms. The number of hydrogen-bond acceptors (Lipinski definition) is 4. The lowest BCUT2D eigenvalue weighted by Gasteiger charge is -2.34. The fourth-order valence-corrected chi connectivity index (χ4v) is 6.57. The van der Waals surface area contributed by atoms with Gasteiger partial charge >= 0.3 is 0 Å². The van der Waals surface area contributed by atoms with Crippen molar-refractivity contribution in [1.82, 2.24) is 10.2 Å². The Morgan fingerprint density at radius 2 is 1.45 bits per heavy atom. The number of hydrogen-bond donors (Lipinski definition) is 1. The monoisotopic (exact) mass is 631 g/mol. The van der Waals surface area contributed by atoms with Gasteiger partial charge in [0.05, 0.1) is 10.6 Å². The zero-order chi connectivity index (χ0) is 31.9. The lowest BCUT2D eigenvalue weighted by atomic mass is 10.0. The van der Waals surface area contributed by atoms with E-state index in [0.717, 1.165) is 26.6 Å². The van der Waals surface area contributed by atoms with Gasteiger partial charge in [-0.3, -0.25) is 13.9 Å². The molecule has 230 valence electrons. The van der Waals surface area contributed by atoms with Gasteiger partial charge in [0.1, 0.15) is 12.6 Å². The van der Waals surface area contributed by atoms with Crippen molar-refractivity contribution in [2.75, 3.05) is 17.4 Å². The molecule has 0 spiro atoms. The molecule has 1 atom stereocenters. The fourth-order valence-electron chi connectivity index (χ4n) is 4.97. The Morgan fingerprint density at radius 3 is 2.09 bits per heavy atom. The molecule has 0 saturated carbocycles. The van der Waals surface area contributed by atoms with E-state index in [9.17, 15) is 18.0 Å². The maximum absolute atomic E-state index is 14.5. The summed E-state index contributed by atoms with van der Waals surface area (Å²) in [6.45, 7) is 7.34. The summed E-state index contributed by atoms with van der Waals surface area (Å²) in [4.78, 5) is 29.6. The van der Waals surface area contributed by atoms with E-state index in [-0.39, 0.29) is 23.8 Å². The van der Waals surface area contributed by atoms with E-state index in [2.05, 4.69) is 5.32 Å². The minimum Gasteiger partial charge on any atom is -0.355 e. The van der Waals surface area contributed by atoms with Gasteiger partial charge in [0, 0.05) is 24.5 Å². The van der Waals surface area contributed by atoms with Crippen LogP contribution in [0.3, 0.4) is 0 Å². The van der Waals surface area contributed by atoms with Gasteiger partial charge in [-0.2, -0.15) is 0 Å². The number of carbonyl (C=O) groups is 2. The van der Waals surface area contributed by atoms with E-state index in [0.29, 0.717) is 22.8 Å². The van der Waals surface area contributed by atoms with Crippen LogP contribution in [0.2, 0.25) is 5.02 Å². The van der Waals surface area contributed by atoms with Crippen LogP contribution in [0.25, 0.3) is 0 Å². The molecule has 4 rings (SSSR count). The van der Waals surface area contributed by atoms with Crippen molar-refractivity contribution in [3.8, 4) is 0 Å². The first-order chi connectivity index (χ1) is 21.0. The second-order valence-corrected chi connectivity index (χ2v) is 13.2. The summed E-state index contributed by atoms with van der Waals surface area (Å²) in [5.74, 6) is -0.831. The average molecular weight is 632 g/mol. The van der Waals surface area contributed by atoms with Crippen LogP contribution in [0, 0.1) is 20.8 Å². The molecular formula is C35H38ClN3O4S. The summed E-state index contributed by atoms with van der Waals surface area (Å²) in [6.07, 6.45) is 0.250. The van der Waals surface area contributed by atoms with Gasteiger partial charge in [0.25, 0.3) is 10.0 Å². The van der Waals surface area contributed by atoms with E-state index in [4.69, 9.17) is 11.6 Å². The zero-order valence-corrected chi connectivity index (χ0v) is 27.0. The van der Waals surface area contributed by atoms with Crippen molar-refractivity contribution in [3.63, 3.8) is 0 Å². The molecule has 0 radical (unpaired) electrons. The number of nitrogens with one attached hydrogen (secondary N) is 1. The van der Waals surface area contributed by atoms with Crippen LogP contribution >= 0.6 is 11.6 Å². The molecule has 0 fully saturated rings. The molecule has 2 amide bonds. The fraction of sp³-hybridized carbons (Fsp3) is 0.257. The van der Waals surface area contributed by atoms with Crippen LogP contribution in [-0.4, -0.2) is 44.3 Å². The van der Waals surface area contributed by atoms with Crippen LogP contribution in [-0.2, 0) is 32.6 Å². The molecule has 0 saturated heterocycles. The SMILES string of the molecule is CCNC(=O)C(Cc1ccccc1)N(Cc1ccc(Cl)cc1)C(=O)CN(c1cc(C)ccc1C)S(=O)(=O)c1ccc(C)cc1. The van der Waals surface area contributed by atoms with Gasteiger partial charge in [-0.05, 0) is 80.3 Å². The molecule has 4 aromatic carbocycles. The molecule has 7 nitrogen and oxygen atoms in total. The molecule has 0 heterocycles. The summed E-state index contributed by atoms with van der Waals surface area (Å²) in [7, 11) is -4.16. The zero-order valence-electron chi connectivity index (χ0n) is 25.5. The number of carbonyl (C=O) groups excluding carboxylic acids is 2. The summed E-state index contributed by atoms with van der Waals surface area (Å²) in [5.41, 5.74) is 4.50. The number of benzene rings is 4. The van der Waals surface area contributed by atoms with E-state index in [1.54, 1.807) is 54.6 Å². The number of aryl methyl sites for hydroxylation is 3. The smallest absolute Gasteiger partial charge is 0.264 e. The minimum absolute atomic E-state index is 0.0746. The highest BCUT2D eigenvalue weighted by atomic mass is 35.5. The summed E-state index contributed by atoms with van der Waals surface area (Å²) in [6, 6.07) is 27.7. The van der Waals surface area contributed by atoms with E-state index in [1.807, 2.05) is 70.2 Å². The second kappa shape index (κ2) is 14.6. The number of rotatable bonds is 12. The van der Waals surface area contributed by atoms with Crippen molar-refractivity contribution in [3.05, 3.63) is 130 Å². The van der Waals surface area contributed by atoms with Crippen molar-refractivity contribution in [1.29, 1.82) is 0 Å². The third kappa shape index (κ3) is 8.07. The first-order valence-electron chi connectivity index (χ1n) is 14.5. The molecule has 0 aliphatic rings. The Kier molecular flexibility index (Phi) is 10.8. The standard InChI is InChI=1S/C35H38ClN3O4S/c1-5-37-35(41)33(22-28-9-7-6-8-10-28)38(23-29-15-17-30(36)18-16-29)34(40)24-39(32-21-26(3)11-14-27(32)4)44(42,43)31-19-12-25(2)13-20-31/h6-21,33H,5,22-24H2,1-4H3,(H,37,41). The maximum atomic E-state index is 14.5. The Bertz CT molecular complexity index is 1690. The second-order valence-electron chi connectivity index (χ2n) is 10.9. The van der Waals surface area contributed by atoms with Gasteiger partial charge in [0.2, 0.25) is 11.8 Å². The summed E-state index contributed by atoms with van der Waals surface area (Å²) in [5, 5.41) is 3.42. The number of sulfonamides is 1. The quantitative estimate of drug-likeness (QED) is 0.201. The minimum atomic E-state index is -4.16. The van der Waals surface area contributed by atoms with Gasteiger partial charge in [-0.1, -0.05) is 83.9 Å². The van der Waals surface area contributed by atoms with Crippen LogP contribution in [0.4, 0.5) is 5.69 Å². The maximum Gasteiger partial charge on any atom is 0.264 e. The normalized spacial score (nSPS) is 11.9. The van der Waals surface area contributed by atoms with Gasteiger partial charge in [0.15, 0.2) is 0 Å². The van der Waals surface area contributed by atoms with Crippen LogP contribution in [0.5, 0.6) is 0 Å². The van der Waals surface area contributed by atoms with Crippen LogP contribution < -0.4 is 9.62 Å². The average Bonchev–Trinajstić information content (AvgIpc) is 3.00. The third-order valence-electron chi connectivity index (χ3n) is 7.41. The lowest BCUT2D eigenvalue weighted by molar-refractivity contribution is -0.140. The van der Waals surface area contributed by atoms with Crippen molar-refractivity contribution >= 4 is 39.1 Å². The third-order valence-corrected chi connectivity index (χ3v) is 9.44. The predicted molar refractivity (Wildman–Crippen MR) is 176 cm³/mol. The highest BCUT2D eigenvalue weighted by Gasteiger charge is 2.35. The van der Waals surface area contributed by atoms with E-state index in [1.165, 1.54) is 4.90 Å². The number of halogens is 1. The van der Waals surface area contributed by atoms with Gasteiger partial charge < -0.3 is 10.2 Å². The van der Waals surface area contributed by atoms with Crippen molar-refractivity contribution < 1.29 is 18.0 Å². The number of amides is 2. The summed E-state index contributed by atoms with van der Waals surface area (Å²) >= 11 is 6.14. The lowest BCUT2D eigenvalue weighted by Crippen LogP contribution is -2.53. The van der Waals surface area contributed by atoms with Crippen LogP contribution in [0.1, 0.15) is 34.7 Å². The molecule has 0 aromatic heterocycles. The number of anilines is 1. The first kappa shape index (κ1) is 32.8. The Hall–Kier alpha value is -4.14. The Morgan fingerprint density at radius 1 is 0.818 bits per heavy atom. The Labute approximate surface area is 265 Å². The van der Waals surface area contributed by atoms with E-state index >= 15 is 0 Å². The molecule has 44 heavy (non-hydrogen) atoms.